The molecular formula is C51H38N4. The van der Waals surface area contributed by atoms with Crippen molar-refractivity contribution in [2.45, 2.75) is 38.5 Å². The van der Waals surface area contributed by atoms with E-state index in [2.05, 4.69) is 129 Å². The Morgan fingerprint density at radius 1 is 0.345 bits per heavy atom. The van der Waals surface area contributed by atoms with E-state index in [4.69, 9.17) is 15.0 Å². The molecule has 0 saturated heterocycles. The van der Waals surface area contributed by atoms with Crippen molar-refractivity contribution in [2.24, 2.45) is 0 Å². The number of benzene rings is 7. The van der Waals surface area contributed by atoms with Gasteiger partial charge in [-0.3, -0.25) is 0 Å². The molecule has 0 bridgehead atoms. The van der Waals surface area contributed by atoms with Gasteiger partial charge in [-0.1, -0.05) is 167 Å². The summed E-state index contributed by atoms with van der Waals surface area (Å²) in [6, 6.07) is 56.6. The summed E-state index contributed by atoms with van der Waals surface area (Å²) in [5.74, 6) is 1.98. The van der Waals surface area contributed by atoms with Crippen LogP contribution >= 0.6 is 0 Å². The number of fused-ring (bicyclic) bond motifs is 1. The molecule has 0 amide bonds. The Bertz CT molecular complexity index is 2860. The standard InChI is InChI=1S/C51H38N4/c1-50(2)40-22-12-20-38-39-21-13-23-41-45(39)55(44(38)40)46-42(50)29-37(30-43(46)51(41,3)4)36-19-11-18-35(28-36)31-24-26-34(27-25-31)49-53-47(32-14-7-5-8-15-32)52-48(54-49)33-16-9-6-10-17-33/h5-30H,1-4H3. The lowest BCUT2D eigenvalue weighted by atomic mass is 9.68. The molecule has 0 aliphatic carbocycles. The zero-order valence-electron chi connectivity index (χ0n) is 31.3. The normalized spacial score (nSPS) is 14.5. The van der Waals surface area contributed by atoms with Crippen molar-refractivity contribution in [3.63, 3.8) is 0 Å². The highest BCUT2D eigenvalue weighted by Gasteiger charge is 2.43. The average Bonchev–Trinajstić information content (AvgIpc) is 3.58. The largest absolute Gasteiger partial charge is 0.308 e. The molecule has 55 heavy (non-hydrogen) atoms. The molecule has 0 fully saturated rings. The van der Waals surface area contributed by atoms with Crippen LogP contribution in [-0.2, 0) is 10.8 Å². The topological polar surface area (TPSA) is 43.6 Å². The Balaban J connectivity index is 1.01. The maximum atomic E-state index is 4.95. The van der Waals surface area contributed by atoms with Gasteiger partial charge in [-0.2, -0.15) is 0 Å². The van der Waals surface area contributed by atoms with Crippen LogP contribution in [0.3, 0.4) is 0 Å². The molecule has 4 heterocycles. The molecule has 4 heteroatoms. The zero-order valence-corrected chi connectivity index (χ0v) is 31.3. The van der Waals surface area contributed by atoms with Gasteiger partial charge in [0.1, 0.15) is 0 Å². The number of para-hydroxylation sites is 2. The van der Waals surface area contributed by atoms with Crippen LogP contribution in [0.5, 0.6) is 0 Å². The van der Waals surface area contributed by atoms with Crippen molar-refractivity contribution in [1.29, 1.82) is 0 Å². The van der Waals surface area contributed by atoms with Crippen LogP contribution in [0.4, 0.5) is 0 Å². The van der Waals surface area contributed by atoms with Gasteiger partial charge in [-0.05, 0) is 62.7 Å². The molecule has 2 aliphatic rings. The van der Waals surface area contributed by atoms with Gasteiger partial charge >= 0.3 is 0 Å². The minimum Gasteiger partial charge on any atom is -0.308 e. The maximum absolute atomic E-state index is 4.95. The minimum atomic E-state index is -0.166. The molecule has 0 atom stereocenters. The Morgan fingerprint density at radius 3 is 1.24 bits per heavy atom. The van der Waals surface area contributed by atoms with Gasteiger partial charge in [-0.15, -0.1) is 0 Å². The van der Waals surface area contributed by atoms with Crippen molar-refractivity contribution in [3.8, 4) is 62.1 Å². The van der Waals surface area contributed by atoms with E-state index in [1.165, 1.54) is 66.4 Å². The number of rotatable bonds is 5. The summed E-state index contributed by atoms with van der Waals surface area (Å²) in [7, 11) is 0. The Kier molecular flexibility index (Phi) is 6.61. The fraction of sp³-hybridized carbons (Fsp3) is 0.118. The van der Waals surface area contributed by atoms with Crippen molar-refractivity contribution >= 4 is 21.8 Å². The van der Waals surface area contributed by atoms with Crippen LogP contribution in [-0.4, -0.2) is 19.5 Å². The summed E-state index contributed by atoms with van der Waals surface area (Å²) in [6.45, 7) is 9.61. The Hall–Kier alpha value is -6.65. The molecule has 0 spiro atoms. The molecular weight excluding hydrogens is 669 g/mol. The summed E-state index contributed by atoms with van der Waals surface area (Å²) in [5, 5.41) is 2.70. The molecule has 9 aromatic rings. The number of hydrogen-bond acceptors (Lipinski definition) is 3. The molecule has 2 aliphatic heterocycles. The lowest BCUT2D eigenvalue weighted by Gasteiger charge is -2.42. The van der Waals surface area contributed by atoms with Crippen LogP contribution in [0, 0.1) is 0 Å². The van der Waals surface area contributed by atoms with Gasteiger partial charge in [-0.25, -0.2) is 15.0 Å². The van der Waals surface area contributed by atoms with Gasteiger partial charge in [0, 0.05) is 38.3 Å². The molecule has 7 aromatic carbocycles. The van der Waals surface area contributed by atoms with Crippen molar-refractivity contribution < 1.29 is 0 Å². The monoisotopic (exact) mass is 706 g/mol. The van der Waals surface area contributed by atoms with Crippen molar-refractivity contribution in [2.75, 3.05) is 0 Å². The van der Waals surface area contributed by atoms with Crippen LogP contribution in [0.15, 0.2) is 158 Å². The van der Waals surface area contributed by atoms with E-state index in [0.717, 1.165) is 22.3 Å². The van der Waals surface area contributed by atoms with E-state index in [1.807, 2.05) is 60.7 Å². The lowest BCUT2D eigenvalue weighted by Crippen LogP contribution is -2.33. The molecule has 0 radical (unpaired) electrons. The molecule has 4 nitrogen and oxygen atoms in total. The third-order valence-corrected chi connectivity index (χ3v) is 12.2. The van der Waals surface area contributed by atoms with E-state index in [-0.39, 0.29) is 10.8 Å². The van der Waals surface area contributed by atoms with Gasteiger partial charge in [0.2, 0.25) is 0 Å². The molecule has 0 saturated carbocycles. The molecule has 262 valence electrons. The summed E-state index contributed by atoms with van der Waals surface area (Å²) in [6.07, 6.45) is 0. The first-order valence-electron chi connectivity index (χ1n) is 19.1. The highest BCUT2D eigenvalue weighted by Crippen LogP contribution is 2.56. The highest BCUT2D eigenvalue weighted by atomic mass is 15.0. The minimum absolute atomic E-state index is 0.166. The van der Waals surface area contributed by atoms with Crippen molar-refractivity contribution in [3.05, 3.63) is 180 Å². The summed E-state index contributed by atoms with van der Waals surface area (Å²) < 4.78 is 2.59. The van der Waals surface area contributed by atoms with Crippen LogP contribution in [0.1, 0.15) is 49.9 Å². The molecule has 2 aromatic heterocycles. The average molecular weight is 707 g/mol. The second-order valence-corrected chi connectivity index (χ2v) is 16.1. The fourth-order valence-corrected chi connectivity index (χ4v) is 9.26. The number of nitrogens with zero attached hydrogens (tertiary/aromatic N) is 4. The van der Waals surface area contributed by atoms with E-state index in [0.29, 0.717) is 17.5 Å². The first-order chi connectivity index (χ1) is 26.8. The summed E-state index contributed by atoms with van der Waals surface area (Å²) >= 11 is 0. The second-order valence-electron chi connectivity index (χ2n) is 16.1. The predicted octanol–water partition coefficient (Wildman–Crippen LogP) is 12.6. The smallest absolute Gasteiger partial charge is 0.164 e. The van der Waals surface area contributed by atoms with Crippen LogP contribution in [0.2, 0.25) is 0 Å². The van der Waals surface area contributed by atoms with Crippen LogP contribution in [0.25, 0.3) is 83.9 Å². The van der Waals surface area contributed by atoms with E-state index < -0.39 is 0 Å². The third-order valence-electron chi connectivity index (χ3n) is 12.2. The third kappa shape index (κ3) is 4.61. The molecule has 0 N–H and O–H groups in total. The lowest BCUT2D eigenvalue weighted by molar-refractivity contribution is 0.594. The Labute approximate surface area is 320 Å². The van der Waals surface area contributed by atoms with Crippen LogP contribution < -0.4 is 0 Å². The Morgan fingerprint density at radius 2 is 0.745 bits per heavy atom. The zero-order chi connectivity index (χ0) is 37.1. The number of hydrogen-bond donors (Lipinski definition) is 0. The van der Waals surface area contributed by atoms with Gasteiger partial charge in [0.25, 0.3) is 0 Å². The number of aromatic nitrogens is 4. The van der Waals surface area contributed by atoms with Gasteiger partial charge in [0.05, 0.1) is 16.7 Å². The van der Waals surface area contributed by atoms with Gasteiger partial charge < -0.3 is 4.57 Å². The predicted molar refractivity (Wildman–Crippen MR) is 226 cm³/mol. The summed E-state index contributed by atoms with van der Waals surface area (Å²) in [4.78, 5) is 14.8. The van der Waals surface area contributed by atoms with E-state index in [9.17, 15) is 0 Å². The fourth-order valence-electron chi connectivity index (χ4n) is 9.26. The van der Waals surface area contributed by atoms with Crippen molar-refractivity contribution in [1.82, 2.24) is 19.5 Å². The second kappa shape index (κ2) is 11.4. The first kappa shape index (κ1) is 31.8. The SMILES string of the molecule is CC1(C)c2cc(-c3cccc(-c4ccc(-c5nc(-c6ccccc6)nc(-c6ccccc6)n5)cc4)c3)cc3c2-n2c4c1cccc4c1cccc(c12)C3(C)C. The maximum Gasteiger partial charge on any atom is 0.164 e. The molecule has 11 rings (SSSR count). The highest BCUT2D eigenvalue weighted by molar-refractivity contribution is 6.14. The summed E-state index contributed by atoms with van der Waals surface area (Å²) in [5.41, 5.74) is 17.0. The van der Waals surface area contributed by atoms with E-state index in [1.54, 1.807) is 0 Å². The van der Waals surface area contributed by atoms with E-state index >= 15 is 0 Å². The quantitative estimate of drug-likeness (QED) is 0.179. The molecule has 0 unspecified atom stereocenters. The first-order valence-corrected chi connectivity index (χ1v) is 19.1. The van der Waals surface area contributed by atoms with Gasteiger partial charge in [0.15, 0.2) is 17.5 Å².